The summed E-state index contributed by atoms with van der Waals surface area (Å²) in [7, 11) is -3.96. The first kappa shape index (κ1) is 18.4. The fourth-order valence-electron chi connectivity index (χ4n) is 2.19. The molecule has 132 valence electrons. The zero-order valence-corrected chi connectivity index (χ0v) is 14.6. The molecule has 2 amide bonds. The number of rotatable bonds is 6. The highest BCUT2D eigenvalue weighted by atomic mass is 32.2. The average molecular weight is 362 g/mol. The average Bonchev–Trinajstić information content (AvgIpc) is 2.98. The second-order valence-corrected chi connectivity index (χ2v) is 6.58. The highest BCUT2D eigenvalue weighted by molar-refractivity contribution is 7.87. The van der Waals surface area contributed by atoms with Crippen LogP contribution in [0.5, 0.6) is 0 Å². The molecule has 0 bridgehead atoms. The number of nitriles is 1. The summed E-state index contributed by atoms with van der Waals surface area (Å²) < 4.78 is 28.6. The molecular weight excluding hydrogens is 344 g/mol. The fraction of sp³-hybridized carbons (Fsp3) is 0.267. The van der Waals surface area contributed by atoms with Crippen LogP contribution in [0.1, 0.15) is 19.4 Å². The van der Waals surface area contributed by atoms with Crippen LogP contribution < -0.4 is 10.0 Å². The number of benzene rings is 1. The van der Waals surface area contributed by atoms with Crippen molar-refractivity contribution in [1.82, 2.24) is 18.8 Å². The van der Waals surface area contributed by atoms with Gasteiger partial charge < -0.3 is 0 Å². The van der Waals surface area contributed by atoms with Gasteiger partial charge in [0.1, 0.15) is 11.6 Å². The van der Waals surface area contributed by atoms with Crippen molar-refractivity contribution in [2.24, 2.45) is 0 Å². The van der Waals surface area contributed by atoms with E-state index in [1.807, 2.05) is 16.9 Å². The van der Waals surface area contributed by atoms with Gasteiger partial charge in [-0.15, -0.1) is 0 Å². The molecule has 1 aromatic carbocycles. The summed E-state index contributed by atoms with van der Waals surface area (Å²) in [4.78, 5) is 12.1. The van der Waals surface area contributed by atoms with E-state index in [1.165, 1.54) is 10.9 Å². The van der Waals surface area contributed by atoms with Gasteiger partial charge in [-0.1, -0.05) is 32.0 Å². The molecule has 25 heavy (non-hydrogen) atoms. The van der Waals surface area contributed by atoms with E-state index in [-0.39, 0.29) is 24.5 Å². The number of aromatic nitrogens is 2. The molecule has 0 radical (unpaired) electrons. The first-order valence-electron chi connectivity index (χ1n) is 7.55. The lowest BCUT2D eigenvalue weighted by molar-refractivity contribution is 0.255. The van der Waals surface area contributed by atoms with Crippen LogP contribution in [0.3, 0.4) is 0 Å². The summed E-state index contributed by atoms with van der Waals surface area (Å²) in [5.74, 6) is 0.0842. The van der Waals surface area contributed by atoms with Crippen LogP contribution in [0.15, 0.2) is 36.5 Å². The molecule has 0 spiro atoms. The van der Waals surface area contributed by atoms with Crippen LogP contribution in [-0.4, -0.2) is 41.6 Å². The molecule has 0 atom stereocenters. The Morgan fingerprint density at radius 2 is 1.92 bits per heavy atom. The minimum absolute atomic E-state index is 0.0842. The Labute approximate surface area is 146 Å². The van der Waals surface area contributed by atoms with E-state index in [1.54, 1.807) is 38.1 Å². The van der Waals surface area contributed by atoms with E-state index in [0.717, 1.165) is 4.31 Å². The highest BCUT2D eigenvalue weighted by Crippen LogP contribution is 2.19. The van der Waals surface area contributed by atoms with Gasteiger partial charge in [0.2, 0.25) is 0 Å². The number of urea groups is 1. The van der Waals surface area contributed by atoms with Gasteiger partial charge in [-0.25, -0.2) is 14.2 Å². The lowest BCUT2D eigenvalue weighted by Gasteiger charge is -2.19. The van der Waals surface area contributed by atoms with Crippen molar-refractivity contribution in [2.75, 3.05) is 18.4 Å². The summed E-state index contributed by atoms with van der Waals surface area (Å²) in [6.45, 7) is 3.78. The van der Waals surface area contributed by atoms with E-state index in [4.69, 9.17) is 0 Å². The minimum Gasteiger partial charge on any atom is -0.290 e. The first-order chi connectivity index (χ1) is 11.9. The second-order valence-electron chi connectivity index (χ2n) is 4.91. The predicted octanol–water partition coefficient (Wildman–Crippen LogP) is 1.45. The molecular formula is C15H18N6O3S. The lowest BCUT2D eigenvalue weighted by atomic mass is 10.3. The number of anilines is 1. The number of hydrogen-bond acceptors (Lipinski definition) is 5. The maximum absolute atomic E-state index is 12.1. The van der Waals surface area contributed by atoms with Crippen LogP contribution in [-0.2, 0) is 10.2 Å². The van der Waals surface area contributed by atoms with Crippen molar-refractivity contribution in [2.45, 2.75) is 13.8 Å². The van der Waals surface area contributed by atoms with Crippen molar-refractivity contribution in [3.05, 3.63) is 42.1 Å². The van der Waals surface area contributed by atoms with Crippen LogP contribution >= 0.6 is 0 Å². The van der Waals surface area contributed by atoms with Gasteiger partial charge in [-0.2, -0.15) is 23.1 Å². The van der Waals surface area contributed by atoms with Gasteiger partial charge >= 0.3 is 16.2 Å². The van der Waals surface area contributed by atoms with Crippen molar-refractivity contribution < 1.29 is 13.2 Å². The van der Waals surface area contributed by atoms with Crippen molar-refractivity contribution in [3.8, 4) is 11.8 Å². The van der Waals surface area contributed by atoms with Gasteiger partial charge in [-0.05, 0) is 12.1 Å². The largest absolute Gasteiger partial charge is 0.335 e. The lowest BCUT2D eigenvalue weighted by Crippen LogP contribution is -2.45. The Morgan fingerprint density at radius 3 is 2.48 bits per heavy atom. The third-order valence-electron chi connectivity index (χ3n) is 3.39. The molecule has 0 fully saturated rings. The zero-order chi connectivity index (χ0) is 18.4. The molecule has 0 saturated heterocycles. The summed E-state index contributed by atoms with van der Waals surface area (Å²) in [6.07, 6.45) is 1.29. The van der Waals surface area contributed by atoms with Crippen molar-refractivity contribution >= 4 is 22.1 Å². The van der Waals surface area contributed by atoms with Crippen molar-refractivity contribution in [1.29, 1.82) is 5.26 Å². The molecule has 2 N–H and O–H groups in total. The Hall–Kier alpha value is -2.90. The minimum atomic E-state index is -3.96. The smallest absolute Gasteiger partial charge is 0.290 e. The maximum Gasteiger partial charge on any atom is 0.335 e. The number of nitrogens with one attached hydrogen (secondary N) is 2. The summed E-state index contributed by atoms with van der Waals surface area (Å²) in [5.41, 5.74) is 0.727. The second kappa shape index (κ2) is 7.78. The maximum atomic E-state index is 12.1. The third-order valence-corrected chi connectivity index (χ3v) is 5.03. The normalized spacial score (nSPS) is 11.1. The molecule has 0 aliphatic carbocycles. The Kier molecular flexibility index (Phi) is 5.74. The van der Waals surface area contributed by atoms with Gasteiger partial charge in [0.05, 0.1) is 11.9 Å². The molecule has 0 saturated carbocycles. The standard InChI is InChI=1S/C15H18N6O3S/c1-3-20(4-2)25(23,24)19-15(22)18-14-12(10-16)11-17-21(14)13-8-6-5-7-9-13/h5-9,11H,3-4H2,1-2H3,(H2,18,19,22). The summed E-state index contributed by atoms with van der Waals surface area (Å²) in [5, 5.41) is 15.6. The SMILES string of the molecule is CCN(CC)S(=O)(=O)NC(=O)Nc1c(C#N)cnn1-c1ccccc1. The first-order valence-corrected chi connectivity index (χ1v) is 8.99. The molecule has 1 aromatic heterocycles. The monoisotopic (exact) mass is 362 g/mol. The number of carbonyl (C=O) groups is 1. The third kappa shape index (κ3) is 4.14. The molecule has 2 aromatic rings. The van der Waals surface area contributed by atoms with Crippen LogP contribution in [0.25, 0.3) is 5.69 Å². The highest BCUT2D eigenvalue weighted by Gasteiger charge is 2.23. The number of nitrogens with zero attached hydrogens (tertiary/aromatic N) is 4. The Bertz CT molecular complexity index is 882. The number of amides is 2. The molecule has 2 rings (SSSR count). The van der Waals surface area contributed by atoms with Crippen LogP contribution in [0.2, 0.25) is 0 Å². The molecule has 0 aliphatic rings. The molecule has 0 aliphatic heterocycles. The molecule has 10 heteroatoms. The molecule has 9 nitrogen and oxygen atoms in total. The summed E-state index contributed by atoms with van der Waals surface area (Å²) in [6, 6.07) is 9.79. The van der Waals surface area contributed by atoms with Gasteiger partial charge in [-0.3, -0.25) is 5.32 Å². The number of para-hydroxylation sites is 1. The molecule has 0 unspecified atom stereocenters. The molecule has 1 heterocycles. The number of hydrogen-bond donors (Lipinski definition) is 2. The Morgan fingerprint density at radius 1 is 1.28 bits per heavy atom. The Balaban J connectivity index is 2.27. The van der Waals surface area contributed by atoms with Gasteiger partial charge in [0.25, 0.3) is 0 Å². The zero-order valence-electron chi connectivity index (χ0n) is 13.8. The van der Waals surface area contributed by atoms with E-state index in [2.05, 4.69) is 10.4 Å². The van der Waals surface area contributed by atoms with E-state index < -0.39 is 16.2 Å². The number of carbonyl (C=O) groups excluding carboxylic acids is 1. The van der Waals surface area contributed by atoms with Gasteiger partial charge in [0.15, 0.2) is 5.82 Å². The fourth-order valence-corrected chi connectivity index (χ4v) is 3.29. The summed E-state index contributed by atoms with van der Waals surface area (Å²) >= 11 is 0. The van der Waals surface area contributed by atoms with Crippen LogP contribution in [0, 0.1) is 11.3 Å². The van der Waals surface area contributed by atoms with E-state index >= 15 is 0 Å². The predicted molar refractivity (Wildman–Crippen MR) is 92.3 cm³/mol. The van der Waals surface area contributed by atoms with E-state index in [0.29, 0.717) is 5.69 Å². The van der Waals surface area contributed by atoms with Crippen LogP contribution in [0.4, 0.5) is 10.6 Å². The van der Waals surface area contributed by atoms with Gasteiger partial charge in [0, 0.05) is 13.1 Å². The van der Waals surface area contributed by atoms with Crippen molar-refractivity contribution in [3.63, 3.8) is 0 Å². The quantitative estimate of drug-likeness (QED) is 0.806. The topological polar surface area (TPSA) is 120 Å². The van der Waals surface area contributed by atoms with E-state index in [9.17, 15) is 18.5 Å².